The summed E-state index contributed by atoms with van der Waals surface area (Å²) in [4.78, 5) is 38.3. The van der Waals surface area contributed by atoms with Crippen LogP contribution in [0.2, 0.25) is 0 Å². The van der Waals surface area contributed by atoms with Crippen LogP contribution in [-0.4, -0.2) is 37.2 Å². The van der Waals surface area contributed by atoms with Crippen LogP contribution in [0.15, 0.2) is 134 Å². The van der Waals surface area contributed by atoms with Crippen LogP contribution in [0.25, 0.3) is 0 Å². The van der Waals surface area contributed by atoms with Gasteiger partial charge in [-0.2, -0.15) is 0 Å². The molecule has 6 nitrogen and oxygen atoms in total. The van der Waals surface area contributed by atoms with Crippen molar-refractivity contribution in [1.82, 2.24) is 0 Å². The molecule has 0 saturated heterocycles. The highest BCUT2D eigenvalue weighted by molar-refractivity contribution is 5.71. The number of esters is 3. The molecule has 77 heavy (non-hydrogen) atoms. The average Bonchev–Trinajstić information content (AvgIpc) is 3.43. The fraction of sp³-hybridized carbons (Fsp3) is 0.648. The third-order valence-electron chi connectivity index (χ3n) is 13.2. The molecule has 0 aromatic carbocycles. The van der Waals surface area contributed by atoms with Crippen molar-refractivity contribution in [2.75, 3.05) is 13.2 Å². The van der Waals surface area contributed by atoms with Gasteiger partial charge in [-0.25, -0.2) is 0 Å². The van der Waals surface area contributed by atoms with Crippen molar-refractivity contribution in [3.63, 3.8) is 0 Å². The maximum atomic E-state index is 12.9. The van der Waals surface area contributed by atoms with Crippen LogP contribution in [0.1, 0.15) is 278 Å². The van der Waals surface area contributed by atoms with Gasteiger partial charge in [0.15, 0.2) is 6.10 Å². The number of carbonyl (C=O) groups is 3. The van der Waals surface area contributed by atoms with Crippen molar-refractivity contribution in [2.45, 2.75) is 284 Å². The summed E-state index contributed by atoms with van der Waals surface area (Å²) >= 11 is 0. The molecule has 0 heterocycles. The third-order valence-corrected chi connectivity index (χ3v) is 13.2. The van der Waals surface area contributed by atoms with E-state index in [9.17, 15) is 14.4 Å². The Kier molecular flexibility index (Phi) is 60.4. The van der Waals surface area contributed by atoms with Gasteiger partial charge in [-0.3, -0.25) is 14.4 Å². The summed E-state index contributed by atoms with van der Waals surface area (Å²) in [5.74, 6) is -0.978. The van der Waals surface area contributed by atoms with Gasteiger partial charge in [-0.05, 0) is 116 Å². The molecule has 0 aliphatic rings. The molecule has 0 bridgehead atoms. The normalized spacial score (nSPS) is 13.0. The Morgan fingerprint density at radius 1 is 0.273 bits per heavy atom. The van der Waals surface area contributed by atoms with E-state index >= 15 is 0 Å². The molecule has 0 rings (SSSR count). The Hall–Kier alpha value is -4.45. The average molecular weight is 1070 g/mol. The Morgan fingerprint density at radius 3 is 0.818 bits per heavy atom. The first-order chi connectivity index (χ1) is 38.0. The Morgan fingerprint density at radius 2 is 0.506 bits per heavy atom. The van der Waals surface area contributed by atoms with Gasteiger partial charge in [0.05, 0.1) is 0 Å². The molecule has 6 heteroatoms. The topological polar surface area (TPSA) is 78.9 Å². The summed E-state index contributed by atoms with van der Waals surface area (Å²) in [6, 6.07) is 0. The van der Waals surface area contributed by atoms with Crippen molar-refractivity contribution in [1.29, 1.82) is 0 Å². The molecule has 0 aliphatic carbocycles. The van der Waals surface area contributed by atoms with E-state index in [1.54, 1.807) is 0 Å². The van der Waals surface area contributed by atoms with E-state index in [1.807, 2.05) is 0 Å². The minimum Gasteiger partial charge on any atom is -0.462 e. The number of unbranched alkanes of at least 4 members (excludes halogenated alkanes) is 23. The van der Waals surface area contributed by atoms with Gasteiger partial charge in [-0.1, -0.05) is 276 Å². The standard InChI is InChI=1S/C71H116O6/c1-4-7-10-13-16-19-22-25-28-30-32-33-34-35-36-37-39-40-43-46-49-52-55-58-61-64-70(73)76-67-68(66-75-69(72)63-60-57-54-51-48-45-42-27-24-21-18-15-12-9-6-3)77-71(74)65-62-59-56-53-50-47-44-41-38-31-29-26-23-20-17-14-11-8-5-2/h7,9-10,12,16,18-19,21,25,27-28,32-33,35-36,39-40,42,46,48-49,51,68H,4-6,8,11,13-15,17,20,22-24,26,29-31,34,37-38,41,43-45,47,50,52-67H2,1-3H3/b10-7-,12-9-,19-16-,21-18-,28-25-,33-32-,36-35-,40-39-,42-27-,49-46-,51-48-. The van der Waals surface area contributed by atoms with Crippen LogP contribution in [0, 0.1) is 0 Å². The molecule has 0 radical (unpaired) electrons. The van der Waals surface area contributed by atoms with E-state index in [-0.39, 0.29) is 31.1 Å². The van der Waals surface area contributed by atoms with Crippen molar-refractivity contribution < 1.29 is 28.6 Å². The highest BCUT2D eigenvalue weighted by Gasteiger charge is 2.19. The molecule has 0 aromatic rings. The van der Waals surface area contributed by atoms with Crippen LogP contribution in [0.3, 0.4) is 0 Å². The van der Waals surface area contributed by atoms with Crippen molar-refractivity contribution >= 4 is 17.9 Å². The molecule has 0 fully saturated rings. The first-order valence-electron chi connectivity index (χ1n) is 31.7. The SMILES string of the molecule is CC/C=C\C/C=C\C/C=C\C/C=C\C/C=C\C/C=C\C/C=C\CCCCCC(=O)OCC(COC(=O)CCCC/C=C\C/C=C\C/C=C\C/C=C\CC)OC(=O)CCCCCCCCCCCCCCCCCCCCC. The monoisotopic (exact) mass is 1060 g/mol. The minimum atomic E-state index is -0.814. The van der Waals surface area contributed by atoms with Crippen LogP contribution < -0.4 is 0 Å². The van der Waals surface area contributed by atoms with Crippen molar-refractivity contribution in [2.24, 2.45) is 0 Å². The zero-order valence-electron chi connectivity index (χ0n) is 49.9. The number of hydrogen-bond donors (Lipinski definition) is 0. The van der Waals surface area contributed by atoms with Crippen LogP contribution >= 0.6 is 0 Å². The highest BCUT2D eigenvalue weighted by atomic mass is 16.6. The summed E-state index contributed by atoms with van der Waals surface area (Å²) in [7, 11) is 0. The molecule has 1 atom stereocenters. The largest absolute Gasteiger partial charge is 0.462 e. The van der Waals surface area contributed by atoms with Crippen LogP contribution in [0.4, 0.5) is 0 Å². The van der Waals surface area contributed by atoms with Crippen molar-refractivity contribution in [3.05, 3.63) is 134 Å². The van der Waals surface area contributed by atoms with E-state index in [1.165, 1.54) is 103 Å². The zero-order chi connectivity index (χ0) is 55.7. The fourth-order valence-electron chi connectivity index (χ4n) is 8.47. The number of hydrogen-bond acceptors (Lipinski definition) is 6. The predicted molar refractivity (Wildman–Crippen MR) is 334 cm³/mol. The summed E-state index contributed by atoms with van der Waals surface area (Å²) in [5, 5.41) is 0. The van der Waals surface area contributed by atoms with Gasteiger partial charge in [0.1, 0.15) is 13.2 Å². The lowest BCUT2D eigenvalue weighted by molar-refractivity contribution is -0.167. The Labute approximate surface area is 475 Å². The molecule has 0 saturated carbocycles. The van der Waals surface area contributed by atoms with Gasteiger partial charge < -0.3 is 14.2 Å². The molecule has 0 amide bonds. The Bertz CT molecular complexity index is 1650. The van der Waals surface area contributed by atoms with E-state index in [4.69, 9.17) is 14.2 Å². The van der Waals surface area contributed by atoms with E-state index in [2.05, 4.69) is 154 Å². The summed E-state index contributed by atoms with van der Waals surface area (Å²) in [5.41, 5.74) is 0. The van der Waals surface area contributed by atoms with Crippen LogP contribution in [0.5, 0.6) is 0 Å². The number of carbonyl (C=O) groups excluding carboxylic acids is 3. The van der Waals surface area contributed by atoms with Gasteiger partial charge in [0.25, 0.3) is 0 Å². The predicted octanol–water partition coefficient (Wildman–Crippen LogP) is 21.8. The first-order valence-corrected chi connectivity index (χ1v) is 31.7. The zero-order valence-corrected chi connectivity index (χ0v) is 49.9. The number of ether oxygens (including phenoxy) is 3. The van der Waals surface area contributed by atoms with E-state index < -0.39 is 6.10 Å². The van der Waals surface area contributed by atoms with Gasteiger partial charge >= 0.3 is 17.9 Å². The highest BCUT2D eigenvalue weighted by Crippen LogP contribution is 2.16. The lowest BCUT2D eigenvalue weighted by Crippen LogP contribution is -2.30. The molecule has 0 aromatic heterocycles. The lowest BCUT2D eigenvalue weighted by Gasteiger charge is -2.18. The summed E-state index contributed by atoms with van der Waals surface area (Å²) in [6.45, 7) is 6.36. The number of allylic oxidation sites excluding steroid dienone is 22. The summed E-state index contributed by atoms with van der Waals surface area (Å²) in [6.07, 6.45) is 90.3. The second-order valence-electron chi connectivity index (χ2n) is 20.6. The molecule has 0 N–H and O–H groups in total. The quantitative estimate of drug-likeness (QED) is 0.0261. The fourth-order valence-corrected chi connectivity index (χ4v) is 8.47. The van der Waals surface area contributed by atoms with Gasteiger partial charge in [0, 0.05) is 19.3 Å². The molecular weight excluding hydrogens is 949 g/mol. The van der Waals surface area contributed by atoms with Crippen molar-refractivity contribution in [3.8, 4) is 0 Å². The van der Waals surface area contributed by atoms with Gasteiger partial charge in [0.2, 0.25) is 0 Å². The first kappa shape index (κ1) is 72.5. The Balaban J connectivity index is 4.48. The van der Waals surface area contributed by atoms with Crippen LogP contribution in [-0.2, 0) is 28.6 Å². The van der Waals surface area contributed by atoms with E-state index in [0.29, 0.717) is 25.7 Å². The molecule has 0 aliphatic heterocycles. The molecule has 436 valence electrons. The third kappa shape index (κ3) is 62.3. The van der Waals surface area contributed by atoms with E-state index in [0.717, 1.165) is 128 Å². The molecule has 0 spiro atoms. The maximum absolute atomic E-state index is 12.9. The minimum absolute atomic E-state index is 0.111. The van der Waals surface area contributed by atoms with Gasteiger partial charge in [-0.15, -0.1) is 0 Å². The second kappa shape index (κ2) is 64.1. The second-order valence-corrected chi connectivity index (χ2v) is 20.6. The molecular formula is C71H116O6. The number of rotatable bonds is 56. The maximum Gasteiger partial charge on any atom is 0.306 e. The smallest absolute Gasteiger partial charge is 0.306 e. The summed E-state index contributed by atoms with van der Waals surface area (Å²) < 4.78 is 16.9. The molecule has 1 unspecified atom stereocenters. The lowest BCUT2D eigenvalue weighted by atomic mass is 10.0.